The van der Waals surface area contributed by atoms with Crippen molar-refractivity contribution in [1.29, 1.82) is 5.26 Å². The zero-order chi connectivity index (χ0) is 29.5. The number of pyridine rings is 1. The van der Waals surface area contributed by atoms with Gasteiger partial charge in [0.05, 0.1) is 30.0 Å². The van der Waals surface area contributed by atoms with Crippen LogP contribution in [0.4, 0.5) is 5.69 Å². The molecule has 4 aromatic rings. The summed E-state index contributed by atoms with van der Waals surface area (Å²) >= 11 is 0. The normalized spacial score (nSPS) is 21.6. The van der Waals surface area contributed by atoms with Gasteiger partial charge < -0.3 is 29.2 Å². The van der Waals surface area contributed by atoms with Crippen molar-refractivity contribution < 1.29 is 23.8 Å². The number of nitrogens with zero attached hydrogens (tertiary/aromatic N) is 3. The van der Waals surface area contributed by atoms with Crippen LogP contribution in [0.5, 0.6) is 5.75 Å². The van der Waals surface area contributed by atoms with E-state index in [4.69, 9.17) is 13.9 Å². The van der Waals surface area contributed by atoms with E-state index >= 15 is 0 Å². The van der Waals surface area contributed by atoms with Gasteiger partial charge in [-0.25, -0.2) is 0 Å². The van der Waals surface area contributed by atoms with Crippen LogP contribution in [0, 0.1) is 23.2 Å². The summed E-state index contributed by atoms with van der Waals surface area (Å²) in [7, 11) is 1.57. The van der Waals surface area contributed by atoms with Gasteiger partial charge in [0, 0.05) is 67.6 Å². The Kier molecular flexibility index (Phi) is 7.09. The number of amides is 1. The van der Waals surface area contributed by atoms with Gasteiger partial charge in [-0.1, -0.05) is 18.2 Å². The van der Waals surface area contributed by atoms with Crippen LogP contribution in [-0.4, -0.2) is 66.5 Å². The molecule has 0 bridgehead atoms. The molecule has 218 valence electrons. The van der Waals surface area contributed by atoms with Crippen molar-refractivity contribution in [2.24, 2.45) is 11.8 Å². The Hall–Kier alpha value is -4.65. The standard InChI is InChI=1S/C34H32N4O5/c1-41-31-15-21(34(40)38-18-22-4-7-30(39)27(22)19-38)2-5-26(31)32-16-29-33(43-32)25(8-11-36-29)20-3-6-28(23(14-20)17-35)37-24-9-12-42-13-10-24/h2-8,11,14-16,22,24,27,30,37,39H,9-10,12-13,18-19H2,1H3. The molecule has 2 N–H and O–H groups in total. The molecule has 2 aromatic heterocycles. The van der Waals surface area contributed by atoms with E-state index in [1.807, 2.05) is 48.6 Å². The highest BCUT2D eigenvalue weighted by Gasteiger charge is 2.40. The topological polar surface area (TPSA) is 121 Å². The van der Waals surface area contributed by atoms with Gasteiger partial charge in [0.1, 0.15) is 23.1 Å². The van der Waals surface area contributed by atoms with Gasteiger partial charge in [-0.2, -0.15) is 5.26 Å². The van der Waals surface area contributed by atoms with Crippen LogP contribution in [0.3, 0.4) is 0 Å². The number of nitriles is 1. The molecule has 0 saturated carbocycles. The van der Waals surface area contributed by atoms with Gasteiger partial charge in [0.15, 0.2) is 5.58 Å². The second-order valence-electron chi connectivity index (χ2n) is 11.4. The van der Waals surface area contributed by atoms with Gasteiger partial charge in [-0.15, -0.1) is 0 Å². The largest absolute Gasteiger partial charge is 0.496 e. The molecule has 1 amide bonds. The minimum absolute atomic E-state index is 0.0612. The van der Waals surface area contributed by atoms with Gasteiger partial charge in [0.25, 0.3) is 5.91 Å². The maximum Gasteiger partial charge on any atom is 0.254 e. The Bertz CT molecular complexity index is 1770. The summed E-state index contributed by atoms with van der Waals surface area (Å²) in [5.74, 6) is 1.25. The van der Waals surface area contributed by atoms with Gasteiger partial charge in [-0.05, 0) is 54.8 Å². The van der Waals surface area contributed by atoms with Crippen molar-refractivity contribution >= 4 is 22.7 Å². The highest BCUT2D eigenvalue weighted by Crippen LogP contribution is 2.39. The first-order valence-corrected chi connectivity index (χ1v) is 14.6. The van der Waals surface area contributed by atoms with E-state index in [1.165, 1.54) is 0 Å². The van der Waals surface area contributed by atoms with Crippen molar-refractivity contribution in [1.82, 2.24) is 9.88 Å². The third-order valence-corrected chi connectivity index (χ3v) is 8.85. The summed E-state index contributed by atoms with van der Waals surface area (Å²) in [5.41, 5.74) is 5.55. The number of hydrogen-bond acceptors (Lipinski definition) is 8. The summed E-state index contributed by atoms with van der Waals surface area (Å²) in [6.45, 7) is 2.57. The first-order valence-electron chi connectivity index (χ1n) is 14.6. The fourth-order valence-corrected chi connectivity index (χ4v) is 6.48. The molecule has 3 unspecified atom stereocenters. The number of aliphatic hydroxyl groups excluding tert-OH is 1. The van der Waals surface area contributed by atoms with Crippen molar-refractivity contribution in [3.8, 4) is 34.3 Å². The van der Waals surface area contributed by atoms with Crippen molar-refractivity contribution in [3.05, 3.63) is 78.0 Å². The number of nitrogens with one attached hydrogen (secondary N) is 1. The number of rotatable bonds is 6. The van der Waals surface area contributed by atoms with Crippen LogP contribution in [0.2, 0.25) is 0 Å². The highest BCUT2D eigenvalue weighted by atomic mass is 16.5. The van der Waals surface area contributed by atoms with E-state index in [0.717, 1.165) is 42.9 Å². The summed E-state index contributed by atoms with van der Waals surface area (Å²) < 4.78 is 17.6. The van der Waals surface area contributed by atoms with Gasteiger partial charge in [0.2, 0.25) is 0 Å². The summed E-state index contributed by atoms with van der Waals surface area (Å²) in [6.07, 6.45) is 6.89. The number of benzene rings is 2. The molecular formula is C34H32N4O5. The number of aliphatic hydroxyl groups is 1. The van der Waals surface area contributed by atoms with Crippen LogP contribution < -0.4 is 10.1 Å². The lowest BCUT2D eigenvalue weighted by atomic mass is 9.98. The fourth-order valence-electron chi connectivity index (χ4n) is 6.48. The van der Waals surface area contributed by atoms with Crippen molar-refractivity contribution in [2.75, 3.05) is 38.7 Å². The summed E-state index contributed by atoms with van der Waals surface area (Å²) in [5, 5.41) is 23.6. The van der Waals surface area contributed by atoms with Gasteiger partial charge in [-0.3, -0.25) is 9.78 Å². The van der Waals surface area contributed by atoms with Crippen LogP contribution in [0.15, 0.2) is 71.3 Å². The molecule has 9 nitrogen and oxygen atoms in total. The number of carbonyl (C=O) groups is 1. The number of aromatic nitrogens is 1. The fraction of sp³-hybridized carbons (Fsp3) is 0.324. The average molecular weight is 577 g/mol. The third-order valence-electron chi connectivity index (χ3n) is 8.85. The second kappa shape index (κ2) is 11.2. The van der Waals surface area contributed by atoms with Crippen LogP contribution in [0.25, 0.3) is 33.6 Å². The number of ether oxygens (including phenoxy) is 2. The molecule has 2 aromatic carbocycles. The molecule has 0 radical (unpaired) electrons. The van der Waals surface area contributed by atoms with E-state index in [9.17, 15) is 15.2 Å². The Morgan fingerprint density at radius 3 is 2.74 bits per heavy atom. The molecule has 3 atom stereocenters. The molecule has 2 saturated heterocycles. The Labute approximate surface area is 249 Å². The van der Waals surface area contributed by atoms with E-state index < -0.39 is 6.10 Å². The number of anilines is 1. The van der Waals surface area contributed by atoms with Crippen LogP contribution in [0.1, 0.15) is 28.8 Å². The predicted molar refractivity (Wildman–Crippen MR) is 162 cm³/mol. The number of likely N-dealkylation sites (tertiary alicyclic amines) is 1. The molecule has 7 rings (SSSR count). The van der Waals surface area contributed by atoms with Crippen molar-refractivity contribution in [2.45, 2.75) is 25.0 Å². The first kappa shape index (κ1) is 27.2. The minimum atomic E-state index is -0.496. The Morgan fingerprint density at radius 1 is 1.09 bits per heavy atom. The molecule has 1 aliphatic carbocycles. The second-order valence-corrected chi connectivity index (χ2v) is 11.4. The van der Waals surface area contributed by atoms with Crippen LogP contribution in [-0.2, 0) is 4.74 Å². The molecule has 0 spiro atoms. The smallest absolute Gasteiger partial charge is 0.254 e. The average Bonchev–Trinajstić information content (AvgIpc) is 3.77. The van der Waals surface area contributed by atoms with E-state index in [-0.39, 0.29) is 23.8 Å². The minimum Gasteiger partial charge on any atom is -0.496 e. The van der Waals surface area contributed by atoms with E-state index in [0.29, 0.717) is 52.4 Å². The predicted octanol–water partition coefficient (Wildman–Crippen LogP) is 5.25. The highest BCUT2D eigenvalue weighted by molar-refractivity contribution is 5.97. The molecule has 3 aliphatic rings. The van der Waals surface area contributed by atoms with E-state index in [1.54, 1.807) is 30.3 Å². The Morgan fingerprint density at radius 2 is 1.95 bits per heavy atom. The zero-order valence-corrected chi connectivity index (χ0v) is 23.8. The molecule has 4 heterocycles. The van der Waals surface area contributed by atoms with Crippen LogP contribution >= 0.6 is 0 Å². The summed E-state index contributed by atoms with van der Waals surface area (Å²) in [4.78, 5) is 19.7. The molecular weight excluding hydrogens is 544 g/mol. The number of methoxy groups -OCH3 is 1. The lowest BCUT2D eigenvalue weighted by Gasteiger charge is -2.24. The van der Waals surface area contributed by atoms with E-state index in [2.05, 4.69) is 16.4 Å². The lowest BCUT2D eigenvalue weighted by molar-refractivity contribution is 0.0771. The number of carbonyl (C=O) groups excluding carboxylic acids is 1. The molecule has 43 heavy (non-hydrogen) atoms. The number of hydrogen-bond donors (Lipinski definition) is 2. The molecule has 2 aliphatic heterocycles. The third kappa shape index (κ3) is 5.03. The Balaban J connectivity index is 1.17. The van der Waals surface area contributed by atoms with Crippen molar-refractivity contribution in [3.63, 3.8) is 0 Å². The maximum atomic E-state index is 13.3. The zero-order valence-electron chi connectivity index (χ0n) is 23.8. The molecule has 2 fully saturated rings. The number of furan rings is 1. The van der Waals surface area contributed by atoms with Gasteiger partial charge >= 0.3 is 0 Å². The number of fused-ring (bicyclic) bond motifs is 2. The lowest BCUT2D eigenvalue weighted by Crippen LogP contribution is -2.30. The monoisotopic (exact) mass is 576 g/mol. The quantitative estimate of drug-likeness (QED) is 0.299. The summed E-state index contributed by atoms with van der Waals surface area (Å²) in [6, 6.07) is 17.5. The maximum absolute atomic E-state index is 13.3. The SMILES string of the molecule is COc1cc(C(=O)N2CC3C=CC(O)C3C2)ccc1-c1cc2nccc(-c3ccc(NC4CCOCC4)c(C#N)c3)c2o1. The first-order chi connectivity index (χ1) is 21.0. The molecule has 9 heteroatoms.